The Labute approximate surface area is 120 Å². The van der Waals surface area contributed by atoms with Crippen LogP contribution in [0, 0.1) is 0 Å². The molecule has 0 aliphatic carbocycles. The Bertz CT molecular complexity index is 306. The van der Waals surface area contributed by atoms with Crippen molar-refractivity contribution < 1.29 is 17.8 Å². The van der Waals surface area contributed by atoms with E-state index >= 15 is 0 Å². The smallest absolute Gasteiger partial charge is 0.264 e. The molecule has 0 aromatic heterocycles. The Kier molecular flexibility index (Phi) is 13.7. The Balaban J connectivity index is 0. The van der Waals surface area contributed by atoms with Crippen LogP contribution in [0.3, 0.4) is 0 Å². The van der Waals surface area contributed by atoms with Crippen LogP contribution in [-0.4, -0.2) is 35.6 Å². The van der Waals surface area contributed by atoms with Gasteiger partial charge in [-0.2, -0.15) is 33.7 Å². The first-order chi connectivity index (χ1) is 8.22. The van der Waals surface area contributed by atoms with E-state index < -0.39 is 10.1 Å². The standard InChI is InChI=1S/C8H17NOS2.C2H6O3S/c9-8(10)4-2-1-3-7(12)5-6-11;1-2-6(3,4)5/h7,11-12H,1-6H2,(H2,9,10);2H2,1H3,(H,3,4,5). The van der Waals surface area contributed by atoms with E-state index in [9.17, 15) is 13.2 Å². The van der Waals surface area contributed by atoms with Gasteiger partial charge in [-0.05, 0) is 31.9 Å². The zero-order valence-corrected chi connectivity index (χ0v) is 13.2. The summed E-state index contributed by atoms with van der Waals surface area (Å²) in [6.45, 7) is 1.37. The summed E-state index contributed by atoms with van der Waals surface area (Å²) in [5, 5.41) is 0.426. The lowest BCUT2D eigenvalue weighted by molar-refractivity contribution is -0.118. The van der Waals surface area contributed by atoms with Gasteiger partial charge in [-0.1, -0.05) is 6.42 Å². The fourth-order valence-electron chi connectivity index (χ4n) is 0.973. The fraction of sp³-hybridized carbons (Fsp3) is 0.900. The number of hydrogen-bond acceptors (Lipinski definition) is 5. The number of hydrogen-bond donors (Lipinski definition) is 4. The highest BCUT2D eigenvalue weighted by Gasteiger charge is 2.01. The highest BCUT2D eigenvalue weighted by Crippen LogP contribution is 2.12. The largest absolute Gasteiger partial charge is 0.370 e. The molecule has 0 bridgehead atoms. The maximum atomic E-state index is 10.4. The molecule has 1 amide bonds. The summed E-state index contributed by atoms with van der Waals surface area (Å²) in [6.07, 6.45) is 4.50. The van der Waals surface area contributed by atoms with E-state index in [2.05, 4.69) is 25.3 Å². The lowest BCUT2D eigenvalue weighted by Crippen LogP contribution is -2.10. The molecular formula is C10H23NO4S3. The van der Waals surface area contributed by atoms with Gasteiger partial charge in [0.2, 0.25) is 5.91 Å². The molecule has 8 heteroatoms. The first-order valence-corrected chi connectivity index (χ1v) is 8.51. The number of thiol groups is 2. The zero-order chi connectivity index (χ0) is 14.6. The molecule has 0 spiro atoms. The zero-order valence-electron chi connectivity index (χ0n) is 10.6. The number of amides is 1. The first kappa shape index (κ1) is 20.4. The summed E-state index contributed by atoms with van der Waals surface area (Å²) in [7, 11) is -3.66. The minimum absolute atomic E-state index is 0.201. The molecule has 0 radical (unpaired) electrons. The molecule has 0 saturated heterocycles. The third-order valence-electron chi connectivity index (χ3n) is 2.04. The van der Waals surface area contributed by atoms with Crippen LogP contribution in [0.4, 0.5) is 0 Å². The van der Waals surface area contributed by atoms with Gasteiger partial charge in [0.05, 0.1) is 5.75 Å². The van der Waals surface area contributed by atoms with Crippen molar-refractivity contribution in [3.05, 3.63) is 0 Å². The lowest BCUT2D eigenvalue weighted by Gasteiger charge is -2.07. The summed E-state index contributed by atoms with van der Waals surface area (Å²) in [5.74, 6) is 0.469. The maximum Gasteiger partial charge on any atom is 0.264 e. The van der Waals surface area contributed by atoms with Crippen LogP contribution in [0.25, 0.3) is 0 Å². The monoisotopic (exact) mass is 317 g/mol. The molecule has 0 rings (SSSR count). The minimum Gasteiger partial charge on any atom is -0.370 e. The van der Waals surface area contributed by atoms with E-state index in [-0.39, 0.29) is 11.7 Å². The van der Waals surface area contributed by atoms with Crippen LogP contribution >= 0.6 is 25.3 Å². The van der Waals surface area contributed by atoms with E-state index in [0.717, 1.165) is 31.4 Å². The minimum atomic E-state index is -3.66. The highest BCUT2D eigenvalue weighted by atomic mass is 32.2. The summed E-state index contributed by atoms with van der Waals surface area (Å²) in [4.78, 5) is 10.4. The summed E-state index contributed by atoms with van der Waals surface area (Å²) in [5.41, 5.74) is 5.00. The van der Waals surface area contributed by atoms with Crippen molar-refractivity contribution in [2.24, 2.45) is 5.73 Å². The molecule has 0 aliphatic rings. The molecule has 0 fully saturated rings. The van der Waals surface area contributed by atoms with E-state index in [1.54, 1.807) is 0 Å². The topological polar surface area (TPSA) is 97.5 Å². The average Bonchev–Trinajstić information content (AvgIpc) is 2.24. The molecule has 0 heterocycles. The predicted molar refractivity (Wildman–Crippen MR) is 81.0 cm³/mol. The third kappa shape index (κ3) is 21.4. The molecule has 5 nitrogen and oxygen atoms in total. The van der Waals surface area contributed by atoms with Gasteiger partial charge in [0.25, 0.3) is 10.1 Å². The van der Waals surface area contributed by atoms with Gasteiger partial charge in [-0.25, -0.2) is 0 Å². The van der Waals surface area contributed by atoms with Gasteiger partial charge in [0.1, 0.15) is 0 Å². The molecule has 110 valence electrons. The highest BCUT2D eigenvalue weighted by molar-refractivity contribution is 7.85. The predicted octanol–water partition coefficient (Wildman–Crippen LogP) is 1.54. The van der Waals surface area contributed by atoms with Gasteiger partial charge in [0.15, 0.2) is 0 Å². The second-order valence-corrected chi connectivity index (χ2v) is 6.67. The van der Waals surface area contributed by atoms with Crippen molar-refractivity contribution in [2.45, 2.75) is 44.3 Å². The number of unbranched alkanes of at least 4 members (excludes halogenated alkanes) is 1. The number of nitrogens with two attached hydrogens (primary N) is 1. The molecule has 1 unspecified atom stereocenters. The van der Waals surface area contributed by atoms with E-state index in [1.165, 1.54) is 6.92 Å². The van der Waals surface area contributed by atoms with Crippen molar-refractivity contribution in [1.29, 1.82) is 0 Å². The Morgan fingerprint density at radius 1 is 1.33 bits per heavy atom. The second-order valence-electron chi connectivity index (χ2n) is 3.75. The Hall–Kier alpha value is 0.0800. The van der Waals surface area contributed by atoms with Gasteiger partial charge < -0.3 is 5.73 Å². The van der Waals surface area contributed by atoms with Crippen molar-refractivity contribution in [3.8, 4) is 0 Å². The van der Waals surface area contributed by atoms with E-state index in [1.807, 2.05) is 0 Å². The van der Waals surface area contributed by atoms with Gasteiger partial charge in [-0.3, -0.25) is 9.35 Å². The number of primary amides is 1. The number of carbonyl (C=O) groups excluding carboxylic acids is 1. The van der Waals surface area contributed by atoms with Gasteiger partial charge in [-0.15, -0.1) is 0 Å². The summed E-state index contributed by atoms with van der Waals surface area (Å²) in [6, 6.07) is 0. The van der Waals surface area contributed by atoms with Gasteiger partial charge >= 0.3 is 0 Å². The third-order valence-corrected chi connectivity index (χ3v) is 3.54. The average molecular weight is 317 g/mol. The SMILES string of the molecule is CCS(=O)(=O)O.NC(=O)CCCCC(S)CCS. The molecule has 18 heavy (non-hydrogen) atoms. The van der Waals surface area contributed by atoms with Crippen molar-refractivity contribution in [2.75, 3.05) is 11.5 Å². The van der Waals surface area contributed by atoms with Crippen molar-refractivity contribution in [1.82, 2.24) is 0 Å². The molecule has 0 saturated carbocycles. The molecule has 0 aromatic rings. The van der Waals surface area contributed by atoms with Crippen LogP contribution in [0.5, 0.6) is 0 Å². The second kappa shape index (κ2) is 12.1. The molecule has 0 aromatic carbocycles. The molecule has 3 N–H and O–H groups in total. The number of rotatable bonds is 8. The summed E-state index contributed by atoms with van der Waals surface area (Å²) < 4.78 is 26.9. The quantitative estimate of drug-likeness (QED) is 0.310. The van der Waals surface area contributed by atoms with Crippen LogP contribution in [0.1, 0.15) is 39.0 Å². The van der Waals surface area contributed by atoms with Gasteiger partial charge in [0, 0.05) is 11.7 Å². The molecular weight excluding hydrogens is 294 g/mol. The van der Waals surface area contributed by atoms with E-state index in [0.29, 0.717) is 11.7 Å². The van der Waals surface area contributed by atoms with Crippen molar-refractivity contribution >= 4 is 41.3 Å². The molecule has 1 atom stereocenters. The van der Waals surface area contributed by atoms with Crippen LogP contribution in [-0.2, 0) is 14.9 Å². The molecule has 0 aliphatic heterocycles. The van der Waals surface area contributed by atoms with Crippen LogP contribution < -0.4 is 5.73 Å². The summed E-state index contributed by atoms with van der Waals surface area (Å²) >= 11 is 8.48. The van der Waals surface area contributed by atoms with Crippen LogP contribution in [0.2, 0.25) is 0 Å². The normalized spacial score (nSPS) is 12.4. The lowest BCUT2D eigenvalue weighted by atomic mass is 10.1. The first-order valence-electron chi connectivity index (χ1n) is 5.75. The Morgan fingerprint density at radius 2 is 1.83 bits per heavy atom. The number of carbonyl (C=O) groups is 1. The maximum absolute atomic E-state index is 10.4. The van der Waals surface area contributed by atoms with E-state index in [4.69, 9.17) is 10.3 Å². The fourth-order valence-corrected chi connectivity index (χ4v) is 1.80. The van der Waals surface area contributed by atoms with Crippen LogP contribution in [0.15, 0.2) is 0 Å². The Morgan fingerprint density at radius 3 is 2.17 bits per heavy atom. The van der Waals surface area contributed by atoms with Crippen molar-refractivity contribution in [3.63, 3.8) is 0 Å².